The van der Waals surface area contributed by atoms with Gasteiger partial charge in [-0.05, 0) is 77.4 Å². The van der Waals surface area contributed by atoms with Gasteiger partial charge in [0.2, 0.25) is 0 Å². The van der Waals surface area contributed by atoms with E-state index in [9.17, 15) is 19.8 Å². The molecule has 5 N–H and O–H groups in total. The van der Waals surface area contributed by atoms with Gasteiger partial charge in [0.15, 0.2) is 0 Å². The molecule has 0 saturated heterocycles. The third kappa shape index (κ3) is 5.16. The SMILES string of the molecule is Cc1ccc(-c2cccc(-c3nc4c(ccc5cc(C(=O)N[C@@H](Cc6c[nH]c7ccccc67)C(=O)O)cc(O)c54)[nH]3)c2)cc1C. The number of carboxylic acid groups (broad SMARTS) is 1. The highest BCUT2D eigenvalue weighted by Crippen LogP contribution is 2.35. The number of aliphatic carboxylic acids is 1. The smallest absolute Gasteiger partial charge is 0.326 e. The van der Waals surface area contributed by atoms with E-state index in [1.807, 2.05) is 48.5 Å². The maximum atomic E-state index is 13.3. The van der Waals surface area contributed by atoms with Gasteiger partial charge in [-0.2, -0.15) is 0 Å². The second-order valence-electron chi connectivity index (χ2n) is 11.4. The van der Waals surface area contributed by atoms with Crippen LogP contribution in [0.1, 0.15) is 27.0 Å². The van der Waals surface area contributed by atoms with Crippen molar-refractivity contribution in [2.75, 3.05) is 0 Å². The fourth-order valence-corrected chi connectivity index (χ4v) is 5.91. The Kier molecular flexibility index (Phi) is 6.82. The minimum absolute atomic E-state index is 0.103. The molecule has 2 heterocycles. The van der Waals surface area contributed by atoms with E-state index in [0.29, 0.717) is 22.1 Å². The van der Waals surface area contributed by atoms with Gasteiger partial charge in [-0.3, -0.25) is 4.79 Å². The molecule has 0 spiro atoms. The van der Waals surface area contributed by atoms with Crippen LogP contribution >= 0.6 is 0 Å². The second kappa shape index (κ2) is 11.0. The first-order valence-electron chi connectivity index (χ1n) is 14.7. The zero-order chi connectivity index (χ0) is 31.2. The van der Waals surface area contributed by atoms with Crippen molar-refractivity contribution in [2.24, 2.45) is 0 Å². The van der Waals surface area contributed by atoms with Crippen molar-refractivity contribution in [3.05, 3.63) is 119 Å². The number of rotatable bonds is 7. The number of carbonyl (C=O) groups excluding carboxylic acids is 1. The zero-order valence-corrected chi connectivity index (χ0v) is 24.7. The maximum Gasteiger partial charge on any atom is 0.326 e. The number of aromatic hydroxyl groups is 1. The van der Waals surface area contributed by atoms with Crippen LogP contribution in [0.3, 0.4) is 0 Å². The number of phenolic OH excluding ortho intramolecular Hbond substituents is 1. The summed E-state index contributed by atoms with van der Waals surface area (Å²) in [6.45, 7) is 4.20. The minimum Gasteiger partial charge on any atom is -0.507 e. The van der Waals surface area contributed by atoms with Crippen molar-refractivity contribution >= 4 is 44.6 Å². The van der Waals surface area contributed by atoms with Gasteiger partial charge < -0.3 is 25.5 Å². The number of fused-ring (bicyclic) bond motifs is 4. The summed E-state index contributed by atoms with van der Waals surface area (Å²) in [7, 11) is 0. The Bertz CT molecular complexity index is 2280. The van der Waals surface area contributed by atoms with Crippen LogP contribution in [-0.4, -0.2) is 43.1 Å². The minimum atomic E-state index is -1.16. The molecule has 5 aromatic carbocycles. The highest BCUT2D eigenvalue weighted by Gasteiger charge is 2.24. The van der Waals surface area contributed by atoms with E-state index in [1.54, 1.807) is 12.3 Å². The van der Waals surface area contributed by atoms with Gasteiger partial charge in [0, 0.05) is 34.6 Å². The number of H-pyrrole nitrogens is 2. The zero-order valence-electron chi connectivity index (χ0n) is 24.7. The van der Waals surface area contributed by atoms with E-state index >= 15 is 0 Å². The number of aromatic nitrogens is 3. The maximum absolute atomic E-state index is 13.3. The first-order valence-corrected chi connectivity index (χ1v) is 14.7. The molecule has 0 radical (unpaired) electrons. The number of aromatic amines is 2. The predicted molar refractivity (Wildman–Crippen MR) is 177 cm³/mol. The van der Waals surface area contributed by atoms with Gasteiger partial charge in [-0.1, -0.05) is 60.7 Å². The largest absolute Gasteiger partial charge is 0.507 e. The first kappa shape index (κ1) is 27.9. The molecule has 0 unspecified atom stereocenters. The predicted octanol–water partition coefficient (Wildman–Crippen LogP) is 7.28. The molecule has 0 aliphatic rings. The summed E-state index contributed by atoms with van der Waals surface area (Å²) in [4.78, 5) is 36.8. The number of nitrogens with zero attached hydrogens (tertiary/aromatic N) is 1. The van der Waals surface area contributed by atoms with E-state index in [1.165, 1.54) is 17.2 Å². The Labute approximate surface area is 258 Å². The van der Waals surface area contributed by atoms with E-state index in [2.05, 4.69) is 59.5 Å². The summed E-state index contributed by atoms with van der Waals surface area (Å²) in [5, 5.41) is 25.7. The second-order valence-corrected chi connectivity index (χ2v) is 11.4. The molecule has 0 bridgehead atoms. The Morgan fingerprint density at radius 3 is 2.47 bits per heavy atom. The number of phenols is 1. The monoisotopic (exact) mass is 594 g/mol. The lowest BCUT2D eigenvalue weighted by Crippen LogP contribution is -2.42. The van der Waals surface area contributed by atoms with Crippen molar-refractivity contribution in [1.82, 2.24) is 20.3 Å². The fourth-order valence-electron chi connectivity index (χ4n) is 5.91. The molecule has 7 rings (SSSR count). The summed E-state index contributed by atoms with van der Waals surface area (Å²) in [5.74, 6) is -1.20. The third-order valence-corrected chi connectivity index (χ3v) is 8.49. The van der Waals surface area contributed by atoms with Gasteiger partial charge in [0.1, 0.15) is 23.1 Å². The number of hydrogen-bond acceptors (Lipinski definition) is 4. The lowest BCUT2D eigenvalue weighted by atomic mass is 9.99. The number of imidazole rings is 1. The molecule has 8 nitrogen and oxygen atoms in total. The summed E-state index contributed by atoms with van der Waals surface area (Å²) >= 11 is 0. The van der Waals surface area contributed by atoms with Crippen molar-refractivity contribution in [2.45, 2.75) is 26.3 Å². The lowest BCUT2D eigenvalue weighted by Gasteiger charge is -2.15. The molecule has 0 aliphatic heterocycles. The highest BCUT2D eigenvalue weighted by atomic mass is 16.4. The number of para-hydroxylation sites is 1. The molecule has 1 amide bonds. The first-order chi connectivity index (χ1) is 21.7. The molecule has 1 atom stereocenters. The number of benzene rings is 5. The van der Waals surface area contributed by atoms with Crippen LogP contribution in [-0.2, 0) is 11.2 Å². The van der Waals surface area contributed by atoms with E-state index in [0.717, 1.165) is 38.7 Å². The highest BCUT2D eigenvalue weighted by molar-refractivity contribution is 6.11. The topological polar surface area (TPSA) is 131 Å². The fraction of sp³-hybridized carbons (Fsp3) is 0.108. The van der Waals surface area contributed by atoms with Crippen molar-refractivity contribution < 1.29 is 19.8 Å². The number of aryl methyl sites for hydroxylation is 2. The molecule has 8 heteroatoms. The summed E-state index contributed by atoms with van der Waals surface area (Å²) < 4.78 is 0. The van der Waals surface area contributed by atoms with Gasteiger partial charge in [0.25, 0.3) is 5.91 Å². The molecule has 0 saturated carbocycles. The molecule has 0 fully saturated rings. The van der Waals surface area contributed by atoms with Crippen LogP contribution in [0.4, 0.5) is 0 Å². The Morgan fingerprint density at radius 1 is 0.844 bits per heavy atom. The molecule has 0 aliphatic carbocycles. The summed E-state index contributed by atoms with van der Waals surface area (Å²) in [5.41, 5.74) is 8.72. The number of nitrogens with one attached hydrogen (secondary N) is 3. The van der Waals surface area contributed by atoms with E-state index < -0.39 is 17.9 Å². The van der Waals surface area contributed by atoms with Crippen LogP contribution < -0.4 is 5.32 Å². The van der Waals surface area contributed by atoms with Gasteiger partial charge >= 0.3 is 5.97 Å². The third-order valence-electron chi connectivity index (χ3n) is 8.49. The van der Waals surface area contributed by atoms with Gasteiger partial charge in [0.05, 0.1) is 10.9 Å². The van der Waals surface area contributed by atoms with E-state index in [4.69, 9.17) is 4.98 Å². The van der Waals surface area contributed by atoms with Crippen molar-refractivity contribution in [3.8, 4) is 28.3 Å². The number of hydrogen-bond donors (Lipinski definition) is 5. The van der Waals surface area contributed by atoms with Gasteiger partial charge in [-0.25, -0.2) is 9.78 Å². The molecular formula is C37H30N4O4. The van der Waals surface area contributed by atoms with Crippen LogP contribution in [0.2, 0.25) is 0 Å². The van der Waals surface area contributed by atoms with Crippen LogP contribution in [0.25, 0.3) is 55.2 Å². The molecule has 45 heavy (non-hydrogen) atoms. The number of carboxylic acids is 1. The normalized spacial score (nSPS) is 12.1. The Morgan fingerprint density at radius 2 is 1.64 bits per heavy atom. The molecule has 222 valence electrons. The van der Waals surface area contributed by atoms with Crippen LogP contribution in [0.5, 0.6) is 5.75 Å². The quantitative estimate of drug-likeness (QED) is 0.132. The lowest BCUT2D eigenvalue weighted by molar-refractivity contribution is -0.139. The van der Waals surface area contributed by atoms with Crippen LogP contribution in [0, 0.1) is 13.8 Å². The summed E-state index contributed by atoms with van der Waals surface area (Å²) in [6, 6.07) is 27.6. The Hall–Kier alpha value is -5.89. The number of amides is 1. The summed E-state index contributed by atoms with van der Waals surface area (Å²) in [6.07, 6.45) is 1.86. The average molecular weight is 595 g/mol. The van der Waals surface area contributed by atoms with Gasteiger partial charge in [-0.15, -0.1) is 0 Å². The standard InChI is InChI=1S/C37H30N4O4/c1-20-10-11-23(14-21(20)2)22-6-5-7-25(15-22)35-39-30-13-12-24-16-26(18-32(42)33(24)34(30)41-35)36(43)40-31(37(44)45)17-27-19-38-29-9-4-3-8-28(27)29/h3-16,18-19,31,38,42H,17H2,1-2H3,(H,39,41)(H,40,43)(H,44,45)/t31-/m0/s1. The molecule has 7 aromatic rings. The van der Waals surface area contributed by atoms with Crippen LogP contribution in [0.15, 0.2) is 97.2 Å². The average Bonchev–Trinajstić information content (AvgIpc) is 3.66. The molecular weight excluding hydrogens is 564 g/mol. The van der Waals surface area contributed by atoms with Crippen molar-refractivity contribution in [3.63, 3.8) is 0 Å². The van der Waals surface area contributed by atoms with Crippen molar-refractivity contribution in [1.29, 1.82) is 0 Å². The van der Waals surface area contributed by atoms with E-state index in [-0.39, 0.29) is 17.7 Å². The number of carbonyl (C=O) groups is 2. The Balaban J connectivity index is 1.19. The molecule has 2 aromatic heterocycles.